The van der Waals surface area contributed by atoms with Crippen LogP contribution < -0.4 is 4.90 Å². The number of rotatable bonds is 7. The molecule has 0 bridgehead atoms. The van der Waals surface area contributed by atoms with Crippen molar-refractivity contribution in [3.8, 4) is 44.5 Å². The molecule has 0 heterocycles. The lowest BCUT2D eigenvalue weighted by Gasteiger charge is -2.26. The van der Waals surface area contributed by atoms with Crippen LogP contribution in [0.3, 0.4) is 0 Å². The Bertz CT molecular complexity index is 3380. The Labute approximate surface area is 333 Å². The van der Waals surface area contributed by atoms with Gasteiger partial charge >= 0.3 is 0 Å². The summed E-state index contributed by atoms with van der Waals surface area (Å²) >= 11 is 0. The molecule has 0 N–H and O–H groups in total. The maximum absolute atomic E-state index is 9.62. The fourth-order valence-electron chi connectivity index (χ4n) is 7.41. The third-order valence-electron chi connectivity index (χ3n) is 10.2. The van der Waals surface area contributed by atoms with Crippen molar-refractivity contribution in [1.82, 2.24) is 0 Å². The minimum absolute atomic E-state index is 0.108. The van der Waals surface area contributed by atoms with Crippen molar-refractivity contribution in [1.29, 1.82) is 0 Å². The van der Waals surface area contributed by atoms with E-state index in [2.05, 4.69) is 0 Å². The topological polar surface area (TPSA) is 3.24 Å². The van der Waals surface area contributed by atoms with Gasteiger partial charge in [-0.25, -0.2) is 0 Å². The third kappa shape index (κ3) is 6.22. The average Bonchev–Trinajstić information content (AvgIpc) is 3.32. The van der Waals surface area contributed by atoms with Gasteiger partial charge in [-0.1, -0.05) is 182 Å². The number of hydrogen-bond acceptors (Lipinski definition) is 1. The van der Waals surface area contributed by atoms with E-state index in [1.54, 1.807) is 18.2 Å². The Kier molecular flexibility index (Phi) is 6.33. The first-order chi connectivity index (χ1) is 30.6. The molecule has 0 atom stereocenters. The molecule has 0 aliphatic carbocycles. The lowest BCUT2D eigenvalue weighted by molar-refractivity contribution is 1.28. The van der Waals surface area contributed by atoms with Crippen molar-refractivity contribution in [3.63, 3.8) is 0 Å². The van der Waals surface area contributed by atoms with E-state index in [1.165, 1.54) is 4.90 Å². The zero-order valence-electron chi connectivity index (χ0n) is 37.7. The second-order valence-corrected chi connectivity index (χ2v) is 13.5. The van der Waals surface area contributed by atoms with Gasteiger partial charge < -0.3 is 4.90 Å². The quantitative estimate of drug-likeness (QED) is 0.149. The molecule has 0 aromatic heterocycles. The van der Waals surface area contributed by atoms with Gasteiger partial charge in [0.15, 0.2) is 0 Å². The van der Waals surface area contributed by atoms with E-state index in [0.29, 0.717) is 16.8 Å². The molecule has 0 aliphatic rings. The summed E-state index contributed by atoms with van der Waals surface area (Å²) in [6.45, 7) is 0. The highest BCUT2D eigenvalue weighted by Gasteiger charge is 2.15. The van der Waals surface area contributed by atoms with Crippen LogP contribution in [0.4, 0.5) is 17.1 Å². The largest absolute Gasteiger partial charge is 0.310 e. The summed E-state index contributed by atoms with van der Waals surface area (Å²) in [6, 6.07) is 53.4. The first kappa shape index (κ1) is 24.9. The van der Waals surface area contributed by atoms with Gasteiger partial charge in [-0.05, 0) is 119 Å². The van der Waals surface area contributed by atoms with Gasteiger partial charge in [-0.3, -0.25) is 0 Å². The van der Waals surface area contributed by atoms with E-state index >= 15 is 0 Å². The van der Waals surface area contributed by atoms with Crippen LogP contribution in [0.15, 0.2) is 224 Å². The number of anilines is 3. The molecule has 0 radical (unpaired) electrons. The summed E-state index contributed by atoms with van der Waals surface area (Å²) in [4.78, 5) is 1.37. The Balaban J connectivity index is 1.18. The van der Waals surface area contributed by atoms with E-state index in [0.717, 1.165) is 54.6 Å². The van der Waals surface area contributed by atoms with Gasteiger partial charge in [0.2, 0.25) is 0 Å². The minimum atomic E-state index is -0.392. The summed E-state index contributed by atoms with van der Waals surface area (Å²) in [6.07, 6.45) is 0. The Morgan fingerprint density at radius 1 is 0.273 bits per heavy atom. The lowest BCUT2D eigenvalue weighted by Crippen LogP contribution is -2.10. The molecule has 0 fully saturated rings. The second-order valence-electron chi connectivity index (χ2n) is 13.5. The van der Waals surface area contributed by atoms with Crippen molar-refractivity contribution in [2.24, 2.45) is 0 Å². The standard InChI is InChI=1S/C54H37N/c1-2-10-38(11-3-1)39-20-22-40(23-21-39)41-26-31-48(32-27-41)55(50-16-8-15-46(37-50)53-19-9-14-43-12-4-6-17-51(43)53)49-33-28-42(29-34-49)45-30-35-54-47(36-45)25-24-44-13-5-7-18-52(44)54/h1-37H/i26D,27D,28D,29D,31D,32D,33D,34D. The molecular formula is C54H37N. The highest BCUT2D eigenvalue weighted by atomic mass is 15.1. The van der Waals surface area contributed by atoms with E-state index in [1.807, 2.05) is 158 Å². The predicted octanol–water partition coefficient (Wildman–Crippen LogP) is 15.3. The van der Waals surface area contributed by atoms with Crippen LogP contribution in [-0.2, 0) is 0 Å². The van der Waals surface area contributed by atoms with Crippen LogP contribution in [0.2, 0.25) is 0 Å². The molecule has 10 aromatic rings. The van der Waals surface area contributed by atoms with Gasteiger partial charge in [0.25, 0.3) is 0 Å². The first-order valence-corrected chi connectivity index (χ1v) is 18.3. The Morgan fingerprint density at radius 3 is 1.49 bits per heavy atom. The molecule has 258 valence electrons. The Morgan fingerprint density at radius 2 is 0.764 bits per heavy atom. The molecule has 10 aromatic carbocycles. The maximum Gasteiger partial charge on any atom is 0.0645 e. The van der Waals surface area contributed by atoms with Crippen molar-refractivity contribution in [2.75, 3.05) is 4.90 Å². The van der Waals surface area contributed by atoms with Crippen molar-refractivity contribution >= 4 is 49.4 Å². The van der Waals surface area contributed by atoms with Crippen LogP contribution in [-0.4, -0.2) is 0 Å². The maximum atomic E-state index is 9.62. The molecule has 0 spiro atoms. The summed E-state index contributed by atoms with van der Waals surface area (Å²) < 4.78 is 76.1. The number of nitrogens with zero attached hydrogens (tertiary/aromatic N) is 1. The van der Waals surface area contributed by atoms with Crippen LogP contribution in [0.5, 0.6) is 0 Å². The Hall–Kier alpha value is -7.22. The van der Waals surface area contributed by atoms with Crippen molar-refractivity contribution in [3.05, 3.63) is 224 Å². The van der Waals surface area contributed by atoms with E-state index in [9.17, 15) is 11.0 Å². The fraction of sp³-hybridized carbons (Fsp3) is 0. The summed E-state index contributed by atoms with van der Waals surface area (Å²) in [5.74, 6) is 0. The highest BCUT2D eigenvalue weighted by Crippen LogP contribution is 2.40. The van der Waals surface area contributed by atoms with E-state index in [-0.39, 0.29) is 46.7 Å². The van der Waals surface area contributed by atoms with Gasteiger partial charge in [-0.15, -0.1) is 0 Å². The molecule has 55 heavy (non-hydrogen) atoms. The number of benzene rings is 10. The molecule has 0 unspecified atom stereocenters. The van der Waals surface area contributed by atoms with Gasteiger partial charge in [-0.2, -0.15) is 0 Å². The third-order valence-corrected chi connectivity index (χ3v) is 10.2. The summed E-state index contributed by atoms with van der Waals surface area (Å²) in [5, 5.41) is 6.05. The number of hydrogen-bond donors (Lipinski definition) is 0. The van der Waals surface area contributed by atoms with Crippen molar-refractivity contribution in [2.45, 2.75) is 0 Å². The minimum Gasteiger partial charge on any atom is -0.310 e. The normalized spacial score (nSPS) is 13.3. The van der Waals surface area contributed by atoms with Gasteiger partial charge in [0.05, 0.1) is 11.0 Å². The molecule has 0 aliphatic heterocycles. The zero-order chi connectivity index (χ0) is 43.5. The van der Waals surface area contributed by atoms with Gasteiger partial charge in [0.1, 0.15) is 0 Å². The van der Waals surface area contributed by atoms with E-state index in [4.69, 9.17) is 0 Å². The molecular weight excluding hydrogens is 663 g/mol. The van der Waals surface area contributed by atoms with E-state index < -0.39 is 24.2 Å². The molecule has 1 heteroatoms. The molecule has 10 rings (SSSR count). The fourth-order valence-corrected chi connectivity index (χ4v) is 7.41. The molecule has 0 saturated carbocycles. The monoisotopic (exact) mass is 707 g/mol. The molecule has 0 saturated heterocycles. The van der Waals surface area contributed by atoms with Crippen LogP contribution in [0.1, 0.15) is 11.0 Å². The summed E-state index contributed by atoms with van der Waals surface area (Å²) in [5.41, 5.74) is 4.79. The second kappa shape index (κ2) is 14.0. The molecule has 1 nitrogen and oxygen atoms in total. The van der Waals surface area contributed by atoms with Crippen LogP contribution >= 0.6 is 0 Å². The average molecular weight is 708 g/mol. The highest BCUT2D eigenvalue weighted by molar-refractivity contribution is 6.08. The zero-order valence-corrected chi connectivity index (χ0v) is 29.7. The van der Waals surface area contributed by atoms with Crippen LogP contribution in [0.25, 0.3) is 76.8 Å². The van der Waals surface area contributed by atoms with Crippen LogP contribution in [0, 0.1) is 0 Å². The number of fused-ring (bicyclic) bond motifs is 4. The van der Waals surface area contributed by atoms with Gasteiger partial charge in [0, 0.05) is 17.1 Å². The first-order valence-electron chi connectivity index (χ1n) is 22.3. The smallest absolute Gasteiger partial charge is 0.0645 e. The summed E-state index contributed by atoms with van der Waals surface area (Å²) in [7, 11) is 0. The lowest BCUT2D eigenvalue weighted by atomic mass is 9.97. The molecule has 0 amide bonds. The van der Waals surface area contributed by atoms with Crippen molar-refractivity contribution < 1.29 is 11.0 Å². The SMILES string of the molecule is [2H]c1c([2H])c(N(c2cccc(-c3cccc4ccccc34)c2)c2c([2H])c([2H])c(-c3ccc4c(ccc5ccccc54)c3)c([2H])c2[2H])c([2H])c([2H])c1-c1ccc(-c2ccccc2)cc1. The predicted molar refractivity (Wildman–Crippen MR) is 235 cm³/mol.